The number of nitrogens with one attached hydrogen (secondary N) is 1. The minimum atomic E-state index is 0.329. The zero-order chi connectivity index (χ0) is 13.5. The van der Waals surface area contributed by atoms with Crippen molar-refractivity contribution in [3.8, 4) is 0 Å². The summed E-state index contributed by atoms with van der Waals surface area (Å²) in [6.45, 7) is 10.3. The number of rotatable bonds is 4. The highest BCUT2D eigenvalue weighted by Gasteiger charge is 2.49. The fourth-order valence-corrected chi connectivity index (χ4v) is 2.51. The van der Waals surface area contributed by atoms with Gasteiger partial charge in [0.05, 0.1) is 0 Å². The molecule has 0 bridgehead atoms. The molecule has 0 aromatic heterocycles. The quantitative estimate of drug-likeness (QED) is 0.823. The molecule has 4 heteroatoms. The molecular formula is C14H29N3O. The number of hydrogen-bond acceptors (Lipinski definition) is 3. The zero-order valence-electron chi connectivity index (χ0n) is 12.4. The Morgan fingerprint density at radius 3 is 2.44 bits per heavy atom. The lowest BCUT2D eigenvalue weighted by atomic mass is 10.3. The van der Waals surface area contributed by atoms with E-state index in [-0.39, 0.29) is 0 Å². The summed E-state index contributed by atoms with van der Waals surface area (Å²) in [6, 6.07) is 1.19. The van der Waals surface area contributed by atoms with E-state index in [0.717, 1.165) is 26.2 Å². The van der Waals surface area contributed by atoms with Crippen LogP contribution in [0.15, 0.2) is 0 Å². The molecule has 0 aromatic rings. The van der Waals surface area contributed by atoms with Crippen molar-refractivity contribution >= 4 is 5.91 Å². The summed E-state index contributed by atoms with van der Waals surface area (Å²) in [4.78, 5) is 16.2. The molecule has 2 rings (SSSR count). The van der Waals surface area contributed by atoms with Crippen molar-refractivity contribution in [1.82, 2.24) is 15.1 Å². The Bertz CT molecular complexity index is 257. The molecule has 1 aliphatic carbocycles. The molecule has 18 heavy (non-hydrogen) atoms. The Labute approximate surface area is 112 Å². The van der Waals surface area contributed by atoms with Crippen LogP contribution in [-0.2, 0) is 4.79 Å². The average Bonchev–Trinajstić information content (AvgIpc) is 3.16. The minimum absolute atomic E-state index is 0.329. The van der Waals surface area contributed by atoms with E-state index in [0.29, 0.717) is 24.4 Å². The SMILES string of the molecule is CCC.CCC(=O)N1CCN(CCNC)C2CC21. The molecule has 0 aromatic carbocycles. The van der Waals surface area contributed by atoms with Crippen LogP contribution in [0.4, 0.5) is 0 Å². The van der Waals surface area contributed by atoms with E-state index in [1.165, 1.54) is 12.8 Å². The first-order chi connectivity index (χ1) is 8.69. The van der Waals surface area contributed by atoms with Crippen LogP contribution in [0.1, 0.15) is 40.0 Å². The van der Waals surface area contributed by atoms with Gasteiger partial charge in [-0.1, -0.05) is 27.2 Å². The van der Waals surface area contributed by atoms with Crippen LogP contribution >= 0.6 is 0 Å². The fraction of sp³-hybridized carbons (Fsp3) is 0.929. The Morgan fingerprint density at radius 1 is 1.22 bits per heavy atom. The van der Waals surface area contributed by atoms with E-state index in [2.05, 4.69) is 29.0 Å². The molecular weight excluding hydrogens is 226 g/mol. The molecule has 0 spiro atoms. The summed E-state index contributed by atoms with van der Waals surface area (Å²) in [7, 11) is 1.99. The molecule has 4 nitrogen and oxygen atoms in total. The van der Waals surface area contributed by atoms with Crippen molar-refractivity contribution in [2.75, 3.05) is 33.2 Å². The third-order valence-corrected chi connectivity index (χ3v) is 3.49. The first-order valence-electron chi connectivity index (χ1n) is 7.37. The summed E-state index contributed by atoms with van der Waals surface area (Å²) in [5.41, 5.74) is 0. The second-order valence-electron chi connectivity index (χ2n) is 5.16. The topological polar surface area (TPSA) is 35.6 Å². The van der Waals surface area contributed by atoms with E-state index < -0.39 is 0 Å². The molecule has 106 valence electrons. The van der Waals surface area contributed by atoms with Gasteiger partial charge in [0, 0.05) is 44.7 Å². The van der Waals surface area contributed by atoms with Gasteiger partial charge in [0.15, 0.2) is 0 Å². The summed E-state index contributed by atoms with van der Waals surface area (Å²) < 4.78 is 0. The minimum Gasteiger partial charge on any atom is -0.337 e. The molecule has 1 aliphatic heterocycles. The van der Waals surface area contributed by atoms with Crippen LogP contribution in [0.5, 0.6) is 0 Å². The maximum Gasteiger partial charge on any atom is 0.222 e. The molecule has 2 fully saturated rings. The van der Waals surface area contributed by atoms with Gasteiger partial charge in [0.2, 0.25) is 5.91 Å². The molecule has 2 unspecified atom stereocenters. The lowest BCUT2D eigenvalue weighted by Crippen LogP contribution is -2.49. The molecule has 2 aliphatic rings. The number of piperazine rings is 1. The van der Waals surface area contributed by atoms with Gasteiger partial charge < -0.3 is 10.2 Å². The van der Waals surface area contributed by atoms with Gasteiger partial charge in [0.25, 0.3) is 0 Å². The Morgan fingerprint density at radius 2 is 1.89 bits per heavy atom. The van der Waals surface area contributed by atoms with Gasteiger partial charge in [-0.3, -0.25) is 9.69 Å². The van der Waals surface area contributed by atoms with Gasteiger partial charge in [-0.15, -0.1) is 0 Å². The summed E-state index contributed by atoms with van der Waals surface area (Å²) in [5.74, 6) is 0.329. The van der Waals surface area contributed by atoms with Crippen LogP contribution in [0, 0.1) is 0 Å². The van der Waals surface area contributed by atoms with Crippen LogP contribution in [0.3, 0.4) is 0 Å². The maximum absolute atomic E-state index is 11.6. The number of carbonyl (C=O) groups is 1. The van der Waals surface area contributed by atoms with Gasteiger partial charge >= 0.3 is 0 Å². The second kappa shape index (κ2) is 7.74. The molecule has 1 saturated heterocycles. The van der Waals surface area contributed by atoms with Crippen molar-refractivity contribution in [3.63, 3.8) is 0 Å². The largest absolute Gasteiger partial charge is 0.337 e. The molecule has 1 heterocycles. The standard InChI is InChI=1S/C11H21N3O.C3H8/c1-3-11(15)14-7-6-13(5-4-12-2)9-8-10(9)14;1-3-2/h9-10,12H,3-8H2,1-2H3;3H2,1-2H3. The highest BCUT2D eigenvalue weighted by molar-refractivity contribution is 5.77. The maximum atomic E-state index is 11.6. The molecule has 1 saturated carbocycles. The number of fused-ring (bicyclic) bond motifs is 1. The number of hydrogen-bond donors (Lipinski definition) is 1. The smallest absolute Gasteiger partial charge is 0.222 e. The van der Waals surface area contributed by atoms with E-state index in [4.69, 9.17) is 0 Å². The van der Waals surface area contributed by atoms with Gasteiger partial charge in [0.1, 0.15) is 0 Å². The van der Waals surface area contributed by atoms with Crippen molar-refractivity contribution in [2.24, 2.45) is 0 Å². The number of nitrogens with zero attached hydrogens (tertiary/aromatic N) is 2. The monoisotopic (exact) mass is 255 g/mol. The van der Waals surface area contributed by atoms with Crippen LogP contribution in [0.2, 0.25) is 0 Å². The number of carbonyl (C=O) groups excluding carboxylic acids is 1. The highest BCUT2D eigenvalue weighted by Crippen LogP contribution is 2.36. The predicted octanol–water partition coefficient (Wildman–Crippen LogP) is 1.32. The zero-order valence-corrected chi connectivity index (χ0v) is 12.4. The Hall–Kier alpha value is -0.610. The lowest BCUT2D eigenvalue weighted by molar-refractivity contribution is -0.133. The molecule has 0 radical (unpaired) electrons. The molecule has 1 N–H and O–H groups in total. The van der Waals surface area contributed by atoms with Gasteiger partial charge in [-0.25, -0.2) is 0 Å². The third-order valence-electron chi connectivity index (χ3n) is 3.49. The lowest BCUT2D eigenvalue weighted by Gasteiger charge is -2.34. The van der Waals surface area contributed by atoms with Crippen LogP contribution in [0.25, 0.3) is 0 Å². The number of likely N-dealkylation sites (N-methyl/N-ethyl adjacent to an activating group) is 1. The number of amides is 1. The molecule has 1 amide bonds. The molecule has 2 atom stereocenters. The highest BCUT2D eigenvalue weighted by atomic mass is 16.2. The van der Waals surface area contributed by atoms with Crippen molar-refractivity contribution in [2.45, 2.75) is 52.1 Å². The normalized spacial score (nSPS) is 26.1. The first kappa shape index (κ1) is 15.4. The van der Waals surface area contributed by atoms with Crippen LogP contribution < -0.4 is 5.32 Å². The predicted molar refractivity (Wildman–Crippen MR) is 75.7 cm³/mol. The van der Waals surface area contributed by atoms with Crippen molar-refractivity contribution in [3.05, 3.63) is 0 Å². The summed E-state index contributed by atoms with van der Waals surface area (Å²) in [5, 5.41) is 3.18. The second-order valence-corrected chi connectivity index (χ2v) is 5.16. The van der Waals surface area contributed by atoms with E-state index in [9.17, 15) is 4.79 Å². The van der Waals surface area contributed by atoms with Gasteiger partial charge in [-0.2, -0.15) is 0 Å². The van der Waals surface area contributed by atoms with E-state index >= 15 is 0 Å². The van der Waals surface area contributed by atoms with Crippen LogP contribution in [-0.4, -0.2) is 61.0 Å². The van der Waals surface area contributed by atoms with Crippen molar-refractivity contribution < 1.29 is 4.79 Å². The van der Waals surface area contributed by atoms with E-state index in [1.807, 2.05) is 14.0 Å². The Balaban J connectivity index is 0.000000492. The van der Waals surface area contributed by atoms with Gasteiger partial charge in [-0.05, 0) is 13.5 Å². The fourth-order valence-electron chi connectivity index (χ4n) is 2.51. The Kier molecular flexibility index (Phi) is 6.65. The summed E-state index contributed by atoms with van der Waals surface area (Å²) in [6.07, 6.45) is 3.09. The third kappa shape index (κ3) is 3.95. The average molecular weight is 255 g/mol. The van der Waals surface area contributed by atoms with Crippen molar-refractivity contribution in [1.29, 1.82) is 0 Å². The van der Waals surface area contributed by atoms with E-state index in [1.54, 1.807) is 0 Å². The first-order valence-corrected chi connectivity index (χ1v) is 7.37. The summed E-state index contributed by atoms with van der Waals surface area (Å²) >= 11 is 0.